The first-order chi connectivity index (χ1) is 10.3. The lowest BCUT2D eigenvalue weighted by Crippen LogP contribution is -2.30. The van der Waals surface area contributed by atoms with Gasteiger partial charge in [0.1, 0.15) is 6.61 Å². The number of ether oxygens (including phenoxy) is 2. The fourth-order valence-electron chi connectivity index (χ4n) is 2.50. The minimum absolute atomic E-state index is 0.156. The summed E-state index contributed by atoms with van der Waals surface area (Å²) < 4.78 is 15.2. The average molecular weight is 305 g/mol. The second kappa shape index (κ2) is 6.98. The van der Waals surface area contributed by atoms with Gasteiger partial charge in [0, 0.05) is 31.3 Å². The van der Waals surface area contributed by atoms with Crippen LogP contribution in [-0.2, 0) is 16.1 Å². The van der Waals surface area contributed by atoms with Crippen LogP contribution in [0.2, 0.25) is 0 Å². The fraction of sp³-hybridized carbons (Fsp3) is 0.467. The van der Waals surface area contributed by atoms with Gasteiger partial charge >= 0.3 is 0 Å². The second-order valence-corrected chi connectivity index (χ2v) is 5.84. The van der Waals surface area contributed by atoms with E-state index in [4.69, 9.17) is 9.47 Å². The van der Waals surface area contributed by atoms with Gasteiger partial charge in [0.2, 0.25) is 5.13 Å². The van der Waals surface area contributed by atoms with Gasteiger partial charge in [-0.25, -0.2) is 4.98 Å². The summed E-state index contributed by atoms with van der Waals surface area (Å²) in [6.45, 7) is 1.22. The Kier molecular flexibility index (Phi) is 4.80. The maximum absolute atomic E-state index is 5.88. The van der Waals surface area contributed by atoms with Crippen LogP contribution in [0.4, 0.5) is 5.13 Å². The molecule has 0 saturated carbocycles. The zero-order chi connectivity index (χ0) is 14.5. The third-order valence-electron chi connectivity index (χ3n) is 3.52. The van der Waals surface area contributed by atoms with Gasteiger partial charge in [-0.1, -0.05) is 30.3 Å². The van der Waals surface area contributed by atoms with Gasteiger partial charge in [0.25, 0.3) is 0 Å². The van der Waals surface area contributed by atoms with E-state index in [1.807, 2.05) is 6.07 Å². The summed E-state index contributed by atoms with van der Waals surface area (Å²) in [6.07, 6.45) is 2.09. The van der Waals surface area contributed by atoms with Gasteiger partial charge in [0.15, 0.2) is 5.82 Å². The summed E-state index contributed by atoms with van der Waals surface area (Å²) in [5.74, 6) is 0.733. The summed E-state index contributed by atoms with van der Waals surface area (Å²) in [5.41, 5.74) is 1.24. The van der Waals surface area contributed by atoms with E-state index in [1.54, 1.807) is 7.11 Å². The highest BCUT2D eigenvalue weighted by Crippen LogP contribution is 2.29. The highest BCUT2D eigenvalue weighted by atomic mass is 32.1. The third kappa shape index (κ3) is 3.78. The van der Waals surface area contributed by atoms with Crippen molar-refractivity contribution in [2.24, 2.45) is 0 Å². The molecular formula is C15H19N3O2S. The van der Waals surface area contributed by atoms with E-state index >= 15 is 0 Å². The standard InChI is InChI=1S/C15H19N3O2S/c1-19-10-14-17-15(21-18-14)16-12-7-8-20-13(9-12)11-5-3-2-4-6-11/h2-6,12-13H,7-10H2,1H3,(H,16,17,18). The van der Waals surface area contributed by atoms with Crippen molar-refractivity contribution >= 4 is 16.7 Å². The van der Waals surface area contributed by atoms with E-state index < -0.39 is 0 Å². The predicted octanol–water partition coefficient (Wildman–Crippen LogP) is 3.02. The molecule has 0 spiro atoms. The largest absolute Gasteiger partial charge is 0.377 e. The van der Waals surface area contributed by atoms with Gasteiger partial charge < -0.3 is 14.8 Å². The molecule has 1 fully saturated rings. The van der Waals surface area contributed by atoms with E-state index in [2.05, 4.69) is 38.9 Å². The van der Waals surface area contributed by atoms with Crippen LogP contribution >= 0.6 is 11.5 Å². The van der Waals surface area contributed by atoms with Crippen molar-refractivity contribution in [3.63, 3.8) is 0 Å². The molecule has 5 nitrogen and oxygen atoms in total. The molecule has 1 saturated heterocycles. The fourth-order valence-corrected chi connectivity index (χ4v) is 3.15. The molecule has 1 aliphatic rings. The number of hydrogen-bond donors (Lipinski definition) is 1. The molecular weight excluding hydrogens is 286 g/mol. The highest BCUT2D eigenvalue weighted by molar-refractivity contribution is 7.09. The van der Waals surface area contributed by atoms with E-state index in [0.717, 1.165) is 30.4 Å². The molecule has 6 heteroatoms. The van der Waals surface area contributed by atoms with E-state index in [-0.39, 0.29) is 6.10 Å². The number of nitrogens with one attached hydrogen (secondary N) is 1. The Balaban J connectivity index is 1.60. The normalized spacial score (nSPS) is 22.1. The van der Waals surface area contributed by atoms with Crippen LogP contribution in [0.15, 0.2) is 30.3 Å². The molecule has 2 aromatic rings. The molecule has 112 valence electrons. The number of aromatic nitrogens is 2. The summed E-state index contributed by atoms with van der Waals surface area (Å²) in [7, 11) is 1.65. The smallest absolute Gasteiger partial charge is 0.202 e. The number of rotatable bonds is 5. The molecule has 2 heterocycles. The Hall–Kier alpha value is -1.50. The first-order valence-electron chi connectivity index (χ1n) is 7.10. The van der Waals surface area contributed by atoms with E-state index in [9.17, 15) is 0 Å². The summed E-state index contributed by atoms with van der Waals surface area (Å²) in [4.78, 5) is 4.42. The Morgan fingerprint density at radius 2 is 2.24 bits per heavy atom. The van der Waals surface area contributed by atoms with Crippen molar-refractivity contribution in [2.45, 2.75) is 31.6 Å². The second-order valence-electron chi connectivity index (χ2n) is 5.08. The number of nitrogens with zero attached hydrogens (tertiary/aromatic N) is 2. The molecule has 0 aliphatic carbocycles. The lowest BCUT2D eigenvalue weighted by molar-refractivity contribution is 0.00979. The minimum atomic E-state index is 0.156. The van der Waals surface area contributed by atoms with Gasteiger partial charge in [-0.05, 0) is 18.4 Å². The summed E-state index contributed by atoms with van der Waals surface area (Å²) in [6, 6.07) is 10.7. The Labute approximate surface area is 128 Å². The number of methoxy groups -OCH3 is 1. The molecule has 1 aromatic heterocycles. The molecule has 0 radical (unpaired) electrons. The first kappa shape index (κ1) is 14.4. The Morgan fingerprint density at radius 1 is 1.38 bits per heavy atom. The van der Waals surface area contributed by atoms with Crippen LogP contribution in [0.25, 0.3) is 0 Å². The first-order valence-corrected chi connectivity index (χ1v) is 7.87. The maximum atomic E-state index is 5.88. The highest BCUT2D eigenvalue weighted by Gasteiger charge is 2.24. The van der Waals surface area contributed by atoms with Crippen molar-refractivity contribution in [1.82, 2.24) is 9.36 Å². The lowest BCUT2D eigenvalue weighted by Gasteiger charge is -2.30. The third-order valence-corrected chi connectivity index (χ3v) is 4.21. The molecule has 0 bridgehead atoms. The SMILES string of the molecule is COCc1nsc(NC2CCOC(c3ccccc3)C2)n1. The Morgan fingerprint density at radius 3 is 3.05 bits per heavy atom. The molecule has 3 rings (SSSR count). The molecule has 21 heavy (non-hydrogen) atoms. The zero-order valence-corrected chi connectivity index (χ0v) is 12.8. The molecule has 2 atom stereocenters. The number of benzene rings is 1. The van der Waals surface area contributed by atoms with Crippen LogP contribution < -0.4 is 5.32 Å². The molecule has 1 aromatic carbocycles. The van der Waals surface area contributed by atoms with Crippen molar-refractivity contribution < 1.29 is 9.47 Å². The summed E-state index contributed by atoms with van der Waals surface area (Å²) in [5, 5.41) is 4.33. The Bertz CT molecular complexity index is 561. The van der Waals surface area contributed by atoms with Crippen molar-refractivity contribution in [1.29, 1.82) is 0 Å². The van der Waals surface area contributed by atoms with Gasteiger partial charge in [0.05, 0.1) is 6.10 Å². The van der Waals surface area contributed by atoms with Gasteiger partial charge in [-0.3, -0.25) is 0 Å². The van der Waals surface area contributed by atoms with Crippen LogP contribution in [-0.4, -0.2) is 29.1 Å². The van der Waals surface area contributed by atoms with Crippen molar-refractivity contribution in [2.75, 3.05) is 19.0 Å². The molecule has 1 N–H and O–H groups in total. The zero-order valence-electron chi connectivity index (χ0n) is 12.0. The minimum Gasteiger partial charge on any atom is -0.377 e. The van der Waals surface area contributed by atoms with Crippen LogP contribution in [0.3, 0.4) is 0 Å². The lowest BCUT2D eigenvalue weighted by atomic mass is 9.98. The van der Waals surface area contributed by atoms with Gasteiger partial charge in [-0.2, -0.15) is 4.37 Å². The van der Waals surface area contributed by atoms with Crippen LogP contribution in [0.1, 0.15) is 30.3 Å². The topological polar surface area (TPSA) is 56.3 Å². The van der Waals surface area contributed by atoms with Gasteiger partial charge in [-0.15, -0.1) is 0 Å². The number of hydrogen-bond acceptors (Lipinski definition) is 6. The number of anilines is 1. The maximum Gasteiger partial charge on any atom is 0.202 e. The van der Waals surface area contributed by atoms with Crippen molar-refractivity contribution in [3.8, 4) is 0 Å². The van der Waals surface area contributed by atoms with E-state index in [1.165, 1.54) is 17.1 Å². The predicted molar refractivity (Wildman–Crippen MR) is 82.4 cm³/mol. The monoisotopic (exact) mass is 305 g/mol. The molecule has 1 aliphatic heterocycles. The quantitative estimate of drug-likeness (QED) is 0.920. The summed E-state index contributed by atoms with van der Waals surface area (Å²) >= 11 is 1.39. The van der Waals surface area contributed by atoms with Crippen LogP contribution in [0.5, 0.6) is 0 Å². The van der Waals surface area contributed by atoms with Crippen molar-refractivity contribution in [3.05, 3.63) is 41.7 Å². The van der Waals surface area contributed by atoms with Crippen LogP contribution in [0, 0.1) is 0 Å². The van der Waals surface area contributed by atoms with E-state index in [0.29, 0.717) is 12.6 Å². The average Bonchev–Trinajstić information content (AvgIpc) is 2.96. The molecule has 0 amide bonds. The molecule has 2 unspecified atom stereocenters.